The quantitative estimate of drug-likeness (QED) is 0.504. The lowest BCUT2D eigenvalue weighted by molar-refractivity contribution is 0.0952. The van der Waals surface area contributed by atoms with E-state index in [1.165, 1.54) is 35.1 Å². The predicted octanol–water partition coefficient (Wildman–Crippen LogP) is 4.60. The monoisotopic (exact) mass is 399 g/mol. The van der Waals surface area contributed by atoms with Crippen molar-refractivity contribution in [2.75, 3.05) is 12.0 Å². The van der Waals surface area contributed by atoms with Crippen molar-refractivity contribution in [3.05, 3.63) is 94.0 Å². The summed E-state index contributed by atoms with van der Waals surface area (Å²) in [4.78, 5) is 14.7. The van der Waals surface area contributed by atoms with E-state index in [-0.39, 0.29) is 5.91 Å². The van der Waals surface area contributed by atoms with Gasteiger partial charge in [-0.25, -0.2) is 5.43 Å². The van der Waals surface area contributed by atoms with Crippen LogP contribution in [0.4, 0.5) is 5.69 Å². The van der Waals surface area contributed by atoms with E-state index >= 15 is 0 Å². The van der Waals surface area contributed by atoms with E-state index in [9.17, 15) is 4.79 Å². The topological polar surface area (TPSA) is 53.9 Å². The molecule has 4 rings (SSSR count). The molecule has 1 aliphatic heterocycles. The van der Waals surface area contributed by atoms with Crippen LogP contribution in [-0.2, 0) is 13.1 Å². The molecule has 5 nitrogen and oxygen atoms in total. The molecular formula is C25H25N3O2. The molecule has 0 bridgehead atoms. The fraction of sp³-hybridized carbons (Fsp3) is 0.200. The molecule has 0 saturated carbocycles. The lowest BCUT2D eigenvalue weighted by atomic mass is 10.0. The number of ether oxygens (including phenoxy) is 1. The highest BCUT2D eigenvalue weighted by Crippen LogP contribution is 2.30. The molecule has 1 heterocycles. The van der Waals surface area contributed by atoms with E-state index < -0.39 is 0 Å². The first-order chi connectivity index (χ1) is 14.5. The van der Waals surface area contributed by atoms with Crippen LogP contribution >= 0.6 is 0 Å². The van der Waals surface area contributed by atoms with Crippen molar-refractivity contribution in [1.29, 1.82) is 0 Å². The van der Waals surface area contributed by atoms with Crippen LogP contribution < -0.4 is 15.1 Å². The Kier molecular flexibility index (Phi) is 5.53. The maximum Gasteiger partial charge on any atom is 0.275 e. The molecule has 1 aliphatic rings. The first-order valence-corrected chi connectivity index (χ1v) is 9.95. The number of methoxy groups -OCH3 is 1. The number of hydrazone groups is 1. The minimum absolute atomic E-state index is 0.305. The van der Waals surface area contributed by atoms with Gasteiger partial charge >= 0.3 is 0 Å². The summed E-state index contributed by atoms with van der Waals surface area (Å²) in [6.45, 7) is 6.19. The van der Waals surface area contributed by atoms with Gasteiger partial charge in [0.2, 0.25) is 0 Å². The maximum atomic E-state index is 12.3. The summed E-state index contributed by atoms with van der Waals surface area (Å²) in [5.74, 6) is 0.215. The van der Waals surface area contributed by atoms with Gasteiger partial charge in [0, 0.05) is 18.8 Å². The molecule has 0 spiro atoms. The Morgan fingerprint density at radius 3 is 2.27 bits per heavy atom. The van der Waals surface area contributed by atoms with Crippen LogP contribution in [-0.4, -0.2) is 19.2 Å². The van der Waals surface area contributed by atoms with Crippen LogP contribution in [0.25, 0.3) is 0 Å². The molecule has 0 fully saturated rings. The third-order valence-electron chi connectivity index (χ3n) is 5.53. The molecule has 0 saturated heterocycles. The molecule has 0 aliphatic carbocycles. The number of nitrogens with zero attached hydrogens (tertiary/aromatic N) is 2. The second-order valence-electron chi connectivity index (χ2n) is 7.55. The Balaban J connectivity index is 1.39. The number of para-hydroxylation sites is 1. The highest BCUT2D eigenvalue weighted by molar-refractivity contribution is 5.97. The normalized spacial score (nSPS) is 12.8. The second kappa shape index (κ2) is 8.41. The number of carbonyl (C=O) groups excluding carboxylic acids is 1. The molecule has 0 atom stereocenters. The predicted molar refractivity (Wildman–Crippen MR) is 120 cm³/mol. The van der Waals surface area contributed by atoms with Crippen LogP contribution in [0, 0.1) is 13.8 Å². The minimum Gasteiger partial charge on any atom is -0.496 e. The van der Waals surface area contributed by atoms with Crippen LogP contribution in [0.1, 0.15) is 38.2 Å². The first kappa shape index (κ1) is 19.7. The zero-order valence-corrected chi connectivity index (χ0v) is 17.5. The van der Waals surface area contributed by atoms with E-state index in [0.29, 0.717) is 11.3 Å². The van der Waals surface area contributed by atoms with Crippen LogP contribution in [0.2, 0.25) is 0 Å². The van der Waals surface area contributed by atoms with Gasteiger partial charge in [-0.2, -0.15) is 5.10 Å². The number of rotatable bonds is 5. The molecule has 0 radical (unpaired) electrons. The Hall–Kier alpha value is -3.60. The molecular weight excluding hydrogens is 374 g/mol. The smallest absolute Gasteiger partial charge is 0.275 e. The van der Waals surface area contributed by atoms with Gasteiger partial charge in [0.25, 0.3) is 5.91 Å². The van der Waals surface area contributed by atoms with Gasteiger partial charge in [0.05, 0.1) is 18.9 Å². The Bertz CT molecular complexity index is 1070. The molecule has 0 unspecified atom stereocenters. The number of nitrogens with one attached hydrogen (secondary N) is 1. The number of hydrogen-bond donors (Lipinski definition) is 1. The molecule has 152 valence electrons. The van der Waals surface area contributed by atoms with E-state index in [0.717, 1.165) is 18.7 Å². The lowest BCUT2D eigenvalue weighted by Crippen LogP contribution is -2.18. The SMILES string of the molecule is COc1ccccc1C(=O)N/N=C\c1ccc(N2Cc3cc(C)c(C)cc3C2)cc1. The van der Waals surface area contributed by atoms with Gasteiger partial charge in [-0.3, -0.25) is 4.79 Å². The van der Waals surface area contributed by atoms with Crippen molar-refractivity contribution < 1.29 is 9.53 Å². The van der Waals surface area contributed by atoms with Gasteiger partial charge in [-0.15, -0.1) is 0 Å². The zero-order chi connectivity index (χ0) is 21.1. The second-order valence-corrected chi connectivity index (χ2v) is 7.55. The van der Waals surface area contributed by atoms with Gasteiger partial charge in [-0.05, 0) is 65.9 Å². The van der Waals surface area contributed by atoms with Crippen molar-refractivity contribution >= 4 is 17.8 Å². The first-order valence-electron chi connectivity index (χ1n) is 9.95. The molecule has 1 amide bonds. The number of amides is 1. The van der Waals surface area contributed by atoms with Crippen molar-refractivity contribution in [3.63, 3.8) is 0 Å². The Morgan fingerprint density at radius 1 is 1.00 bits per heavy atom. The summed E-state index contributed by atoms with van der Waals surface area (Å²) in [5, 5.41) is 4.08. The number of anilines is 1. The summed E-state index contributed by atoms with van der Waals surface area (Å²) in [5.41, 5.74) is 10.6. The Morgan fingerprint density at radius 2 is 1.63 bits per heavy atom. The number of fused-ring (bicyclic) bond motifs is 1. The van der Waals surface area contributed by atoms with E-state index in [1.807, 2.05) is 18.2 Å². The van der Waals surface area contributed by atoms with E-state index in [1.54, 1.807) is 24.4 Å². The molecule has 30 heavy (non-hydrogen) atoms. The fourth-order valence-corrected chi connectivity index (χ4v) is 3.71. The summed E-state index contributed by atoms with van der Waals surface area (Å²) in [6, 6.07) is 19.9. The minimum atomic E-state index is -0.305. The molecule has 5 heteroatoms. The van der Waals surface area contributed by atoms with E-state index in [4.69, 9.17) is 4.74 Å². The Labute approximate surface area is 177 Å². The highest BCUT2D eigenvalue weighted by atomic mass is 16.5. The zero-order valence-electron chi connectivity index (χ0n) is 17.5. The molecule has 1 N–H and O–H groups in total. The fourth-order valence-electron chi connectivity index (χ4n) is 3.71. The van der Waals surface area contributed by atoms with Crippen molar-refractivity contribution in [2.45, 2.75) is 26.9 Å². The average Bonchev–Trinajstić information content (AvgIpc) is 3.17. The van der Waals surface area contributed by atoms with Gasteiger partial charge < -0.3 is 9.64 Å². The summed E-state index contributed by atoms with van der Waals surface area (Å²) < 4.78 is 5.21. The van der Waals surface area contributed by atoms with E-state index in [2.05, 4.69) is 53.5 Å². The summed E-state index contributed by atoms with van der Waals surface area (Å²) in [6.07, 6.45) is 1.64. The molecule has 3 aromatic carbocycles. The highest BCUT2D eigenvalue weighted by Gasteiger charge is 2.19. The lowest BCUT2D eigenvalue weighted by Gasteiger charge is -2.17. The van der Waals surface area contributed by atoms with Gasteiger partial charge in [-0.1, -0.05) is 36.4 Å². The van der Waals surface area contributed by atoms with Gasteiger partial charge in [0.1, 0.15) is 5.75 Å². The van der Waals surface area contributed by atoms with Crippen molar-refractivity contribution in [2.24, 2.45) is 5.10 Å². The summed E-state index contributed by atoms with van der Waals surface area (Å²) >= 11 is 0. The molecule has 0 aromatic heterocycles. The number of carbonyl (C=O) groups is 1. The number of aryl methyl sites for hydroxylation is 2. The third kappa shape index (κ3) is 4.06. The van der Waals surface area contributed by atoms with Gasteiger partial charge in [0.15, 0.2) is 0 Å². The summed E-state index contributed by atoms with van der Waals surface area (Å²) in [7, 11) is 1.54. The average molecular weight is 399 g/mol. The molecule has 3 aromatic rings. The van der Waals surface area contributed by atoms with Crippen molar-refractivity contribution in [1.82, 2.24) is 5.43 Å². The van der Waals surface area contributed by atoms with Crippen LogP contribution in [0.15, 0.2) is 65.8 Å². The standard InChI is InChI=1S/C25H25N3O2/c1-17-12-20-15-28(16-21(20)13-18(17)2)22-10-8-19(9-11-22)14-26-27-25(29)23-6-4-5-7-24(23)30-3/h4-14H,15-16H2,1-3H3,(H,27,29)/b26-14-. The number of benzene rings is 3. The number of hydrogen-bond acceptors (Lipinski definition) is 4. The third-order valence-corrected chi connectivity index (χ3v) is 5.53. The van der Waals surface area contributed by atoms with Crippen LogP contribution in [0.3, 0.4) is 0 Å². The largest absolute Gasteiger partial charge is 0.496 e. The maximum absolute atomic E-state index is 12.3. The van der Waals surface area contributed by atoms with Crippen LogP contribution in [0.5, 0.6) is 5.75 Å². The van der Waals surface area contributed by atoms with Crippen molar-refractivity contribution in [3.8, 4) is 5.75 Å².